The van der Waals surface area contributed by atoms with Gasteiger partial charge in [0.1, 0.15) is 0 Å². The SMILES string of the molecule is O=C(N/N=C/c1cc([N+](=O)[O-])ccc1N1CCCCCC1)c1cccc([N+](=O)[O-])c1. The summed E-state index contributed by atoms with van der Waals surface area (Å²) in [7, 11) is 0. The number of non-ortho nitro benzene ring substituents is 2. The van der Waals surface area contributed by atoms with Crippen LogP contribution in [0.1, 0.15) is 41.6 Å². The average Bonchev–Trinajstić information content (AvgIpc) is 3.03. The number of carbonyl (C=O) groups excluding carboxylic acids is 1. The van der Waals surface area contributed by atoms with E-state index in [0.29, 0.717) is 5.56 Å². The van der Waals surface area contributed by atoms with E-state index in [1.807, 2.05) is 0 Å². The van der Waals surface area contributed by atoms with Crippen molar-refractivity contribution in [1.29, 1.82) is 0 Å². The van der Waals surface area contributed by atoms with Crippen molar-refractivity contribution >= 4 is 29.2 Å². The van der Waals surface area contributed by atoms with Gasteiger partial charge < -0.3 is 4.90 Å². The summed E-state index contributed by atoms with van der Waals surface area (Å²) in [5, 5.41) is 26.0. The number of hydrogen-bond acceptors (Lipinski definition) is 7. The second-order valence-corrected chi connectivity index (χ2v) is 6.91. The lowest BCUT2D eigenvalue weighted by Crippen LogP contribution is -2.25. The number of nitro benzene ring substituents is 2. The quantitative estimate of drug-likeness (QED) is 0.438. The Balaban J connectivity index is 1.81. The molecular weight excluding hydrogens is 390 g/mol. The minimum atomic E-state index is -0.614. The molecule has 0 spiro atoms. The summed E-state index contributed by atoms with van der Waals surface area (Å²) in [5.74, 6) is -0.614. The smallest absolute Gasteiger partial charge is 0.271 e. The van der Waals surface area contributed by atoms with Crippen LogP contribution in [0.4, 0.5) is 17.1 Å². The lowest BCUT2D eigenvalue weighted by molar-refractivity contribution is -0.385. The topological polar surface area (TPSA) is 131 Å². The molecule has 1 aliphatic rings. The number of amides is 1. The van der Waals surface area contributed by atoms with Gasteiger partial charge in [0, 0.05) is 54.2 Å². The Bertz CT molecular complexity index is 983. The summed E-state index contributed by atoms with van der Waals surface area (Å²) in [6, 6.07) is 9.87. The Morgan fingerprint density at radius 2 is 1.63 bits per heavy atom. The molecule has 2 aromatic rings. The number of benzene rings is 2. The zero-order chi connectivity index (χ0) is 21.5. The summed E-state index contributed by atoms with van der Waals surface area (Å²) >= 11 is 0. The van der Waals surface area contributed by atoms with Gasteiger partial charge >= 0.3 is 0 Å². The maximum Gasteiger partial charge on any atom is 0.271 e. The molecule has 3 rings (SSSR count). The van der Waals surface area contributed by atoms with Gasteiger partial charge in [-0.15, -0.1) is 0 Å². The second kappa shape index (κ2) is 9.59. The second-order valence-electron chi connectivity index (χ2n) is 6.91. The van der Waals surface area contributed by atoms with Crippen molar-refractivity contribution < 1.29 is 14.6 Å². The number of carbonyl (C=O) groups is 1. The molecule has 0 bridgehead atoms. The number of nitrogens with zero attached hydrogens (tertiary/aromatic N) is 4. The summed E-state index contributed by atoms with van der Waals surface area (Å²) in [4.78, 5) is 35.4. The van der Waals surface area contributed by atoms with Crippen LogP contribution in [0.3, 0.4) is 0 Å². The Morgan fingerprint density at radius 3 is 2.30 bits per heavy atom. The molecule has 1 heterocycles. The first kappa shape index (κ1) is 20.9. The Morgan fingerprint density at radius 1 is 0.967 bits per heavy atom. The molecule has 0 atom stereocenters. The fourth-order valence-electron chi connectivity index (χ4n) is 3.34. The largest absolute Gasteiger partial charge is 0.371 e. The third-order valence-corrected chi connectivity index (χ3v) is 4.86. The molecule has 10 nitrogen and oxygen atoms in total. The molecule has 0 radical (unpaired) electrons. The molecule has 1 fully saturated rings. The van der Waals surface area contributed by atoms with E-state index in [2.05, 4.69) is 15.4 Å². The van der Waals surface area contributed by atoms with Gasteiger partial charge in [0.2, 0.25) is 0 Å². The summed E-state index contributed by atoms with van der Waals surface area (Å²) in [6.07, 6.45) is 5.73. The van der Waals surface area contributed by atoms with Crippen LogP contribution in [0.25, 0.3) is 0 Å². The summed E-state index contributed by atoms with van der Waals surface area (Å²) in [5.41, 5.74) is 3.48. The molecule has 1 N–H and O–H groups in total. The lowest BCUT2D eigenvalue weighted by Gasteiger charge is -2.24. The van der Waals surface area contributed by atoms with Crippen molar-refractivity contribution in [3.8, 4) is 0 Å². The normalized spacial score (nSPS) is 14.3. The highest BCUT2D eigenvalue weighted by atomic mass is 16.6. The maximum atomic E-state index is 12.3. The molecule has 2 aromatic carbocycles. The minimum Gasteiger partial charge on any atom is -0.371 e. The van der Waals surface area contributed by atoms with E-state index in [1.165, 1.54) is 36.5 Å². The molecule has 1 aliphatic heterocycles. The fraction of sp³-hybridized carbons (Fsp3) is 0.300. The maximum absolute atomic E-state index is 12.3. The molecule has 0 unspecified atom stereocenters. The van der Waals surface area contributed by atoms with Gasteiger partial charge in [-0.3, -0.25) is 25.0 Å². The van der Waals surface area contributed by atoms with E-state index in [1.54, 1.807) is 6.07 Å². The van der Waals surface area contributed by atoms with Crippen LogP contribution in [0.2, 0.25) is 0 Å². The van der Waals surface area contributed by atoms with Gasteiger partial charge in [-0.25, -0.2) is 5.43 Å². The van der Waals surface area contributed by atoms with Crippen molar-refractivity contribution in [2.45, 2.75) is 25.7 Å². The monoisotopic (exact) mass is 411 g/mol. The molecule has 0 aromatic heterocycles. The lowest BCUT2D eigenvalue weighted by atomic mass is 10.1. The number of hydrogen-bond donors (Lipinski definition) is 1. The fourth-order valence-corrected chi connectivity index (χ4v) is 3.34. The molecule has 1 amide bonds. The highest BCUT2D eigenvalue weighted by Crippen LogP contribution is 2.26. The summed E-state index contributed by atoms with van der Waals surface area (Å²) < 4.78 is 0. The van der Waals surface area contributed by atoms with E-state index in [-0.39, 0.29) is 16.9 Å². The van der Waals surface area contributed by atoms with Crippen LogP contribution < -0.4 is 10.3 Å². The van der Waals surface area contributed by atoms with Gasteiger partial charge in [-0.1, -0.05) is 18.9 Å². The predicted octanol–water partition coefficient (Wildman–Crippen LogP) is 3.65. The van der Waals surface area contributed by atoms with E-state index in [9.17, 15) is 25.0 Å². The first-order valence-electron chi connectivity index (χ1n) is 9.57. The third-order valence-electron chi connectivity index (χ3n) is 4.86. The van der Waals surface area contributed by atoms with Crippen LogP contribution in [0.15, 0.2) is 47.6 Å². The molecular formula is C20H21N5O5. The highest BCUT2D eigenvalue weighted by molar-refractivity contribution is 5.96. The van der Waals surface area contributed by atoms with E-state index in [4.69, 9.17) is 0 Å². The van der Waals surface area contributed by atoms with Gasteiger partial charge in [0.25, 0.3) is 17.3 Å². The van der Waals surface area contributed by atoms with E-state index in [0.717, 1.165) is 50.5 Å². The predicted molar refractivity (Wildman–Crippen MR) is 112 cm³/mol. The Hall–Kier alpha value is -3.82. The molecule has 30 heavy (non-hydrogen) atoms. The Kier molecular flexibility index (Phi) is 6.68. The van der Waals surface area contributed by atoms with Crippen LogP contribution >= 0.6 is 0 Å². The highest BCUT2D eigenvalue weighted by Gasteiger charge is 2.17. The van der Waals surface area contributed by atoms with Crippen molar-refractivity contribution in [2.24, 2.45) is 5.10 Å². The van der Waals surface area contributed by atoms with Crippen LogP contribution in [0, 0.1) is 20.2 Å². The zero-order valence-electron chi connectivity index (χ0n) is 16.2. The van der Waals surface area contributed by atoms with Crippen LogP contribution in [-0.2, 0) is 0 Å². The minimum absolute atomic E-state index is 0.0694. The first-order chi connectivity index (χ1) is 14.5. The Labute approximate surface area is 172 Å². The number of hydrazone groups is 1. The average molecular weight is 411 g/mol. The molecule has 0 aliphatic carbocycles. The standard InChI is InChI=1S/C20H21N5O5/c26-20(15-6-5-7-17(12-15)24(27)28)22-21-14-16-13-18(25(29)30)8-9-19(16)23-10-3-1-2-4-11-23/h5-9,12-14H,1-4,10-11H2,(H,22,26)/b21-14+. The number of nitrogens with one attached hydrogen (secondary N) is 1. The molecule has 1 saturated heterocycles. The third kappa shape index (κ3) is 5.16. The van der Waals surface area contributed by atoms with Crippen LogP contribution in [0.5, 0.6) is 0 Å². The number of rotatable bonds is 6. The first-order valence-corrected chi connectivity index (χ1v) is 9.57. The van der Waals surface area contributed by atoms with Gasteiger partial charge in [0.15, 0.2) is 0 Å². The van der Waals surface area contributed by atoms with Crippen molar-refractivity contribution in [1.82, 2.24) is 5.43 Å². The van der Waals surface area contributed by atoms with Gasteiger partial charge in [-0.2, -0.15) is 5.10 Å². The van der Waals surface area contributed by atoms with E-state index >= 15 is 0 Å². The summed E-state index contributed by atoms with van der Waals surface area (Å²) in [6.45, 7) is 1.69. The number of anilines is 1. The molecule has 156 valence electrons. The molecule has 10 heteroatoms. The van der Waals surface area contributed by atoms with Crippen molar-refractivity contribution in [3.05, 3.63) is 73.8 Å². The van der Waals surface area contributed by atoms with Crippen molar-refractivity contribution in [3.63, 3.8) is 0 Å². The van der Waals surface area contributed by atoms with Gasteiger partial charge in [0.05, 0.1) is 16.1 Å². The number of nitro groups is 2. The van der Waals surface area contributed by atoms with Crippen LogP contribution in [-0.4, -0.2) is 35.1 Å². The van der Waals surface area contributed by atoms with Gasteiger partial charge in [-0.05, 0) is 25.0 Å². The van der Waals surface area contributed by atoms with Crippen molar-refractivity contribution in [2.75, 3.05) is 18.0 Å². The van der Waals surface area contributed by atoms with E-state index < -0.39 is 15.8 Å². The zero-order valence-corrected chi connectivity index (χ0v) is 16.2. The molecule has 0 saturated carbocycles.